The lowest BCUT2D eigenvalue weighted by Crippen LogP contribution is -2.37. The number of aliphatic imine (C=N–C) groups is 1. The zero-order valence-corrected chi connectivity index (χ0v) is 13.8. The average Bonchev–Trinajstić information content (AvgIpc) is 2.91. The highest BCUT2D eigenvalue weighted by Gasteiger charge is 2.30. The minimum atomic E-state index is 0.187. The van der Waals surface area contributed by atoms with Gasteiger partial charge in [-0.25, -0.2) is 0 Å². The summed E-state index contributed by atoms with van der Waals surface area (Å²) in [5.74, 6) is 0.988. The van der Waals surface area contributed by atoms with Gasteiger partial charge in [0.15, 0.2) is 0 Å². The number of ether oxygens (including phenoxy) is 1. The van der Waals surface area contributed by atoms with Gasteiger partial charge in [0.2, 0.25) is 0 Å². The molecule has 1 heterocycles. The molecule has 0 unspecified atom stereocenters. The Labute approximate surface area is 129 Å². The zero-order valence-electron chi connectivity index (χ0n) is 13.8. The Bertz CT molecular complexity index is 419. The van der Waals surface area contributed by atoms with Gasteiger partial charge in [-0.2, -0.15) is 0 Å². The van der Waals surface area contributed by atoms with E-state index >= 15 is 0 Å². The van der Waals surface area contributed by atoms with Crippen molar-refractivity contribution in [3.8, 4) is 0 Å². The van der Waals surface area contributed by atoms with E-state index in [1.807, 2.05) is 0 Å². The van der Waals surface area contributed by atoms with Crippen molar-refractivity contribution in [2.24, 2.45) is 4.99 Å². The maximum Gasteiger partial charge on any atom is 0.124 e. The number of nitrogens with zero attached hydrogens (tertiary/aromatic N) is 1. The predicted molar refractivity (Wildman–Crippen MR) is 89.8 cm³/mol. The Morgan fingerprint density at radius 3 is 2.67 bits per heavy atom. The van der Waals surface area contributed by atoms with Gasteiger partial charge in [-0.3, -0.25) is 4.99 Å². The molecule has 0 spiro atoms. The second-order valence-electron chi connectivity index (χ2n) is 6.42. The van der Waals surface area contributed by atoms with Crippen LogP contribution in [0.3, 0.4) is 0 Å². The van der Waals surface area contributed by atoms with E-state index in [1.54, 1.807) is 0 Å². The maximum atomic E-state index is 6.04. The fourth-order valence-electron chi connectivity index (χ4n) is 3.25. The highest BCUT2D eigenvalue weighted by Crippen LogP contribution is 2.23. The molecule has 3 nitrogen and oxygen atoms in total. The van der Waals surface area contributed by atoms with Crippen molar-refractivity contribution in [2.45, 2.75) is 77.5 Å². The van der Waals surface area contributed by atoms with Crippen LogP contribution in [0.15, 0.2) is 28.8 Å². The van der Waals surface area contributed by atoms with Gasteiger partial charge in [0.25, 0.3) is 0 Å². The summed E-state index contributed by atoms with van der Waals surface area (Å²) >= 11 is 0. The number of amidine groups is 1. The number of rotatable bonds is 6. The number of nitrogens with one attached hydrogen (secondary N) is 1. The molecule has 21 heavy (non-hydrogen) atoms. The van der Waals surface area contributed by atoms with E-state index in [1.165, 1.54) is 37.7 Å². The summed E-state index contributed by atoms with van der Waals surface area (Å²) in [6.45, 7) is 11.1. The van der Waals surface area contributed by atoms with Gasteiger partial charge in [-0.05, 0) is 33.1 Å². The highest BCUT2D eigenvalue weighted by atomic mass is 16.5. The van der Waals surface area contributed by atoms with Crippen LogP contribution in [-0.4, -0.2) is 30.6 Å². The summed E-state index contributed by atoms with van der Waals surface area (Å²) in [5.41, 5.74) is 2.46. The third kappa shape index (κ3) is 4.44. The molecule has 0 bridgehead atoms. The van der Waals surface area contributed by atoms with Crippen molar-refractivity contribution in [3.05, 3.63) is 23.8 Å². The molecule has 0 saturated heterocycles. The van der Waals surface area contributed by atoms with Crippen LogP contribution in [-0.2, 0) is 4.74 Å². The first-order chi connectivity index (χ1) is 10.1. The molecule has 2 rings (SSSR count). The van der Waals surface area contributed by atoms with E-state index in [0.29, 0.717) is 12.7 Å². The molecule has 0 aromatic rings. The molecule has 0 radical (unpaired) electrons. The Balaban J connectivity index is 1.94. The summed E-state index contributed by atoms with van der Waals surface area (Å²) in [6.07, 6.45) is 10.1. The molecule has 1 N–H and O–H groups in total. The third-order valence-electron chi connectivity index (χ3n) is 4.46. The molecule has 1 aliphatic heterocycles. The molecular formula is C18H30N2O. The van der Waals surface area contributed by atoms with E-state index in [4.69, 9.17) is 9.73 Å². The van der Waals surface area contributed by atoms with Gasteiger partial charge in [-0.1, -0.05) is 50.0 Å². The first-order valence-electron chi connectivity index (χ1n) is 8.38. The van der Waals surface area contributed by atoms with Gasteiger partial charge < -0.3 is 10.1 Å². The number of hydrogen-bond donors (Lipinski definition) is 1. The largest absolute Gasteiger partial charge is 0.370 e. The lowest BCUT2D eigenvalue weighted by Gasteiger charge is -2.22. The summed E-state index contributed by atoms with van der Waals surface area (Å²) < 4.78 is 6.04. The Morgan fingerprint density at radius 1 is 1.33 bits per heavy atom. The lowest BCUT2D eigenvalue weighted by atomic mass is 9.97. The summed E-state index contributed by atoms with van der Waals surface area (Å²) in [6, 6.07) is 0.408. The van der Waals surface area contributed by atoms with Crippen molar-refractivity contribution >= 4 is 5.84 Å². The molecule has 0 aromatic carbocycles. The van der Waals surface area contributed by atoms with Crippen LogP contribution < -0.4 is 5.32 Å². The summed E-state index contributed by atoms with van der Waals surface area (Å²) in [7, 11) is 0. The highest BCUT2D eigenvalue weighted by molar-refractivity contribution is 5.86. The minimum Gasteiger partial charge on any atom is -0.370 e. The first kappa shape index (κ1) is 16.3. The Morgan fingerprint density at radius 2 is 2.05 bits per heavy atom. The standard InChI is InChI=1S/C18H30N2O/c1-5-9-14(4)18-17(13(2)3)19-16(20-18)12-21-15-10-7-6-8-11-15/h9,15,17-18H,2,5-8,10-12H2,1,3-4H3,(H,19,20)/b14-9+/t17-,18+/m1/s1. The third-order valence-corrected chi connectivity index (χ3v) is 4.46. The van der Waals surface area contributed by atoms with Crippen LogP contribution in [0.2, 0.25) is 0 Å². The summed E-state index contributed by atoms with van der Waals surface area (Å²) in [4.78, 5) is 4.85. The molecule has 3 heteroatoms. The van der Waals surface area contributed by atoms with Crippen molar-refractivity contribution in [1.29, 1.82) is 0 Å². The second-order valence-corrected chi connectivity index (χ2v) is 6.42. The van der Waals surface area contributed by atoms with Gasteiger partial charge in [0, 0.05) is 0 Å². The van der Waals surface area contributed by atoms with Crippen LogP contribution in [0.4, 0.5) is 0 Å². The van der Waals surface area contributed by atoms with Crippen LogP contribution >= 0.6 is 0 Å². The van der Waals surface area contributed by atoms with E-state index in [-0.39, 0.29) is 12.1 Å². The fraction of sp³-hybridized carbons (Fsp3) is 0.722. The van der Waals surface area contributed by atoms with Gasteiger partial charge in [-0.15, -0.1) is 0 Å². The van der Waals surface area contributed by atoms with Crippen LogP contribution in [0.1, 0.15) is 59.3 Å². The fourth-order valence-corrected chi connectivity index (χ4v) is 3.25. The van der Waals surface area contributed by atoms with Gasteiger partial charge in [0.1, 0.15) is 12.4 Å². The Kier molecular flexibility index (Phi) is 6.04. The quantitative estimate of drug-likeness (QED) is 0.750. The SMILES string of the molecule is C=C(C)[C@H]1NC(COC2CCCCC2)=N[C@H]1/C(C)=C/CC. The zero-order chi connectivity index (χ0) is 15.2. The second kappa shape index (κ2) is 7.79. The van der Waals surface area contributed by atoms with E-state index < -0.39 is 0 Å². The smallest absolute Gasteiger partial charge is 0.124 e. The molecule has 1 saturated carbocycles. The van der Waals surface area contributed by atoms with Crippen molar-refractivity contribution < 1.29 is 4.74 Å². The van der Waals surface area contributed by atoms with Gasteiger partial charge >= 0.3 is 0 Å². The van der Waals surface area contributed by atoms with Crippen molar-refractivity contribution in [2.75, 3.05) is 6.61 Å². The molecule has 2 aliphatic rings. The van der Waals surface area contributed by atoms with E-state index in [0.717, 1.165) is 17.8 Å². The minimum absolute atomic E-state index is 0.187. The molecular weight excluding hydrogens is 260 g/mol. The molecule has 0 aromatic heterocycles. The maximum absolute atomic E-state index is 6.04. The number of hydrogen-bond acceptors (Lipinski definition) is 3. The van der Waals surface area contributed by atoms with E-state index in [9.17, 15) is 0 Å². The van der Waals surface area contributed by atoms with Gasteiger partial charge in [0.05, 0.1) is 18.2 Å². The van der Waals surface area contributed by atoms with E-state index in [2.05, 4.69) is 38.7 Å². The monoisotopic (exact) mass is 290 g/mol. The topological polar surface area (TPSA) is 33.6 Å². The van der Waals surface area contributed by atoms with Crippen LogP contribution in [0.5, 0.6) is 0 Å². The van der Waals surface area contributed by atoms with Crippen LogP contribution in [0, 0.1) is 0 Å². The normalized spacial score (nSPS) is 27.4. The lowest BCUT2D eigenvalue weighted by molar-refractivity contribution is 0.0520. The predicted octanol–water partition coefficient (Wildman–Crippen LogP) is 4.01. The summed E-state index contributed by atoms with van der Waals surface area (Å²) in [5, 5.41) is 3.50. The number of allylic oxidation sites excluding steroid dienone is 1. The van der Waals surface area contributed by atoms with Crippen molar-refractivity contribution in [3.63, 3.8) is 0 Å². The molecule has 0 amide bonds. The molecule has 1 aliphatic carbocycles. The molecule has 118 valence electrons. The van der Waals surface area contributed by atoms with Crippen molar-refractivity contribution in [1.82, 2.24) is 5.32 Å². The Hall–Kier alpha value is -1.09. The van der Waals surface area contributed by atoms with Crippen LogP contribution in [0.25, 0.3) is 0 Å². The first-order valence-corrected chi connectivity index (χ1v) is 8.38. The molecule has 1 fully saturated rings. The average molecular weight is 290 g/mol. The molecule has 2 atom stereocenters.